The van der Waals surface area contributed by atoms with Gasteiger partial charge in [-0.15, -0.1) is 0 Å². The van der Waals surface area contributed by atoms with Crippen LogP contribution in [0.2, 0.25) is 10.0 Å². The van der Waals surface area contributed by atoms with Crippen LogP contribution in [-0.2, 0) is 6.42 Å². The normalized spacial score (nSPS) is 10.4. The van der Waals surface area contributed by atoms with E-state index in [2.05, 4.69) is 4.98 Å². The number of hydrogen-bond donors (Lipinski definition) is 0. The van der Waals surface area contributed by atoms with Crippen molar-refractivity contribution in [1.82, 2.24) is 4.98 Å². The summed E-state index contributed by atoms with van der Waals surface area (Å²) >= 11 is 11.4. The summed E-state index contributed by atoms with van der Waals surface area (Å²) in [5.41, 5.74) is 1.79. The van der Waals surface area contributed by atoms with Crippen LogP contribution in [0.15, 0.2) is 36.5 Å². The van der Waals surface area contributed by atoms with Gasteiger partial charge in [0.25, 0.3) is 0 Å². The van der Waals surface area contributed by atoms with E-state index in [-0.39, 0.29) is 5.02 Å². The van der Waals surface area contributed by atoms with E-state index in [0.717, 1.165) is 11.3 Å². The van der Waals surface area contributed by atoms with Gasteiger partial charge in [-0.2, -0.15) is 0 Å². The Hall–Kier alpha value is -1.12. The Kier molecular flexibility index (Phi) is 3.42. The Labute approximate surface area is 103 Å². The van der Waals surface area contributed by atoms with E-state index in [1.807, 2.05) is 6.07 Å². The third-order valence-electron chi connectivity index (χ3n) is 2.16. The lowest BCUT2D eigenvalue weighted by Crippen LogP contribution is -1.92. The molecule has 0 amide bonds. The van der Waals surface area contributed by atoms with Crippen molar-refractivity contribution >= 4 is 23.2 Å². The Bertz CT molecular complexity index is 497. The number of nitrogens with zero attached hydrogens (tertiary/aromatic N) is 1. The zero-order valence-corrected chi connectivity index (χ0v) is 9.76. The van der Waals surface area contributed by atoms with Crippen LogP contribution in [0, 0.1) is 5.82 Å². The Balaban J connectivity index is 2.20. The molecule has 0 fully saturated rings. The zero-order chi connectivity index (χ0) is 11.5. The highest BCUT2D eigenvalue weighted by Crippen LogP contribution is 2.18. The minimum absolute atomic E-state index is 0.131. The van der Waals surface area contributed by atoms with Crippen LogP contribution in [-0.4, -0.2) is 4.98 Å². The van der Waals surface area contributed by atoms with Gasteiger partial charge >= 0.3 is 0 Å². The molecule has 2 aromatic rings. The van der Waals surface area contributed by atoms with E-state index < -0.39 is 5.82 Å². The lowest BCUT2D eigenvalue weighted by Gasteiger charge is -2.02. The summed E-state index contributed by atoms with van der Waals surface area (Å²) in [6, 6.07) is 8.26. The van der Waals surface area contributed by atoms with Crippen LogP contribution in [0.25, 0.3) is 0 Å². The van der Waals surface area contributed by atoms with Crippen LogP contribution in [0.4, 0.5) is 4.39 Å². The molecule has 4 heteroatoms. The number of hydrogen-bond acceptors (Lipinski definition) is 1. The SMILES string of the molecule is Fc1ccc(Cc2ccc(Cl)cn2)cc1Cl. The Morgan fingerprint density at radius 2 is 1.94 bits per heavy atom. The summed E-state index contributed by atoms with van der Waals surface area (Å²) in [4.78, 5) is 4.16. The predicted molar refractivity (Wildman–Crippen MR) is 63.5 cm³/mol. The standard InChI is InChI=1S/C12H8Cl2FN/c13-9-2-3-10(16-7-9)5-8-1-4-12(15)11(14)6-8/h1-4,6-7H,5H2. The summed E-state index contributed by atoms with van der Waals surface area (Å²) in [6.07, 6.45) is 2.19. The highest BCUT2D eigenvalue weighted by Gasteiger charge is 2.02. The van der Waals surface area contributed by atoms with E-state index in [1.165, 1.54) is 6.07 Å². The molecular weight excluding hydrogens is 248 g/mol. The van der Waals surface area contributed by atoms with Gasteiger partial charge in [0.05, 0.1) is 10.0 Å². The minimum atomic E-state index is -0.408. The van der Waals surface area contributed by atoms with Crippen LogP contribution >= 0.6 is 23.2 Å². The van der Waals surface area contributed by atoms with Gasteiger partial charge in [0.15, 0.2) is 0 Å². The van der Waals surface area contributed by atoms with Gasteiger partial charge in [0.1, 0.15) is 5.82 Å². The first-order valence-corrected chi connectivity index (χ1v) is 5.45. The first-order chi connectivity index (χ1) is 7.65. The Morgan fingerprint density at radius 1 is 1.12 bits per heavy atom. The molecule has 2 rings (SSSR count). The fourth-order valence-corrected chi connectivity index (χ4v) is 1.68. The molecule has 0 aliphatic rings. The highest BCUT2D eigenvalue weighted by atomic mass is 35.5. The maximum atomic E-state index is 12.9. The fraction of sp³-hybridized carbons (Fsp3) is 0.0833. The molecule has 0 bridgehead atoms. The van der Waals surface area contributed by atoms with Crippen molar-refractivity contribution in [2.75, 3.05) is 0 Å². The van der Waals surface area contributed by atoms with E-state index >= 15 is 0 Å². The summed E-state index contributed by atoms with van der Waals surface area (Å²) in [5.74, 6) is -0.408. The van der Waals surface area contributed by atoms with Crippen molar-refractivity contribution in [2.24, 2.45) is 0 Å². The molecule has 1 nitrogen and oxygen atoms in total. The topological polar surface area (TPSA) is 12.9 Å². The first kappa shape index (κ1) is 11.4. The van der Waals surface area contributed by atoms with Gasteiger partial charge in [0.2, 0.25) is 0 Å². The van der Waals surface area contributed by atoms with Crippen molar-refractivity contribution < 1.29 is 4.39 Å². The molecular formula is C12H8Cl2FN. The zero-order valence-electron chi connectivity index (χ0n) is 8.25. The second-order valence-electron chi connectivity index (χ2n) is 3.39. The van der Waals surface area contributed by atoms with Crippen LogP contribution in [0.5, 0.6) is 0 Å². The number of benzene rings is 1. The molecule has 0 saturated carbocycles. The van der Waals surface area contributed by atoms with Gasteiger partial charge in [-0.25, -0.2) is 4.39 Å². The lowest BCUT2D eigenvalue weighted by molar-refractivity contribution is 0.627. The molecule has 1 heterocycles. The molecule has 1 aromatic carbocycles. The van der Waals surface area contributed by atoms with E-state index in [4.69, 9.17) is 23.2 Å². The Morgan fingerprint density at radius 3 is 2.56 bits per heavy atom. The summed E-state index contributed by atoms with van der Waals surface area (Å²) < 4.78 is 12.9. The third-order valence-corrected chi connectivity index (χ3v) is 2.67. The molecule has 1 aromatic heterocycles. The van der Waals surface area contributed by atoms with Crippen LogP contribution in [0.1, 0.15) is 11.3 Å². The molecule has 0 aliphatic carbocycles. The van der Waals surface area contributed by atoms with Gasteiger partial charge in [-0.1, -0.05) is 29.3 Å². The third kappa shape index (κ3) is 2.71. The molecule has 0 saturated heterocycles. The second-order valence-corrected chi connectivity index (χ2v) is 4.24. The first-order valence-electron chi connectivity index (χ1n) is 4.69. The van der Waals surface area contributed by atoms with E-state index in [1.54, 1.807) is 24.4 Å². The molecule has 0 N–H and O–H groups in total. The maximum Gasteiger partial charge on any atom is 0.141 e. The van der Waals surface area contributed by atoms with E-state index in [0.29, 0.717) is 11.4 Å². The summed E-state index contributed by atoms with van der Waals surface area (Å²) in [5, 5.41) is 0.729. The van der Waals surface area contributed by atoms with E-state index in [9.17, 15) is 4.39 Å². The molecule has 0 aliphatic heterocycles. The van der Waals surface area contributed by atoms with Crippen molar-refractivity contribution in [2.45, 2.75) is 6.42 Å². The van der Waals surface area contributed by atoms with Crippen molar-refractivity contribution in [3.63, 3.8) is 0 Å². The summed E-state index contributed by atoms with van der Waals surface area (Å²) in [6.45, 7) is 0. The van der Waals surface area contributed by atoms with Gasteiger partial charge in [-0.3, -0.25) is 4.98 Å². The number of aromatic nitrogens is 1. The number of rotatable bonds is 2. The van der Waals surface area contributed by atoms with Gasteiger partial charge in [-0.05, 0) is 29.8 Å². The molecule has 0 spiro atoms. The van der Waals surface area contributed by atoms with Crippen LogP contribution in [0.3, 0.4) is 0 Å². The molecule has 0 atom stereocenters. The predicted octanol–water partition coefficient (Wildman–Crippen LogP) is 4.12. The maximum absolute atomic E-state index is 12.9. The largest absolute Gasteiger partial charge is 0.259 e. The molecule has 16 heavy (non-hydrogen) atoms. The van der Waals surface area contributed by atoms with Crippen LogP contribution < -0.4 is 0 Å². The molecule has 0 unspecified atom stereocenters. The molecule has 82 valence electrons. The minimum Gasteiger partial charge on any atom is -0.259 e. The fourth-order valence-electron chi connectivity index (χ4n) is 1.37. The monoisotopic (exact) mass is 255 g/mol. The summed E-state index contributed by atoms with van der Waals surface area (Å²) in [7, 11) is 0. The smallest absolute Gasteiger partial charge is 0.141 e. The van der Waals surface area contributed by atoms with Crippen molar-refractivity contribution in [3.05, 3.63) is 63.6 Å². The second kappa shape index (κ2) is 4.81. The average molecular weight is 256 g/mol. The number of pyridine rings is 1. The van der Waals surface area contributed by atoms with Crippen molar-refractivity contribution in [1.29, 1.82) is 0 Å². The highest BCUT2D eigenvalue weighted by molar-refractivity contribution is 6.30. The lowest BCUT2D eigenvalue weighted by atomic mass is 10.1. The number of halogens is 3. The molecule has 0 radical (unpaired) electrons. The van der Waals surface area contributed by atoms with Gasteiger partial charge in [0, 0.05) is 18.3 Å². The van der Waals surface area contributed by atoms with Gasteiger partial charge < -0.3 is 0 Å². The van der Waals surface area contributed by atoms with Crippen molar-refractivity contribution in [3.8, 4) is 0 Å². The average Bonchev–Trinajstić information content (AvgIpc) is 2.27. The quantitative estimate of drug-likeness (QED) is 0.787.